The largest absolute Gasteiger partial charge is 0.353 e. The first-order chi connectivity index (χ1) is 9.13. The van der Waals surface area contributed by atoms with Crippen LogP contribution in [0.25, 0.3) is 0 Å². The van der Waals surface area contributed by atoms with E-state index in [1.807, 2.05) is 12.1 Å². The fourth-order valence-electron chi connectivity index (χ4n) is 1.41. The molecule has 0 fully saturated rings. The number of nitrogens with one attached hydrogen (secondary N) is 1. The molecule has 1 N–H and O–H groups in total. The van der Waals surface area contributed by atoms with E-state index in [0.29, 0.717) is 16.9 Å². The summed E-state index contributed by atoms with van der Waals surface area (Å²) in [6, 6.07) is 10.2. The molecule has 0 aliphatic carbocycles. The van der Waals surface area contributed by atoms with Crippen LogP contribution in [0.4, 0.5) is 11.4 Å². The summed E-state index contributed by atoms with van der Waals surface area (Å²) in [5.41, 5.74) is 1.65. The molecule has 0 radical (unpaired) electrons. The highest BCUT2D eigenvalue weighted by Crippen LogP contribution is 2.26. The summed E-state index contributed by atoms with van der Waals surface area (Å²) >= 11 is 11.6. The van der Waals surface area contributed by atoms with Gasteiger partial charge in [-0.25, -0.2) is 0 Å². The van der Waals surface area contributed by atoms with Crippen LogP contribution in [-0.2, 0) is 0 Å². The van der Waals surface area contributed by atoms with Crippen molar-refractivity contribution in [1.29, 1.82) is 10.5 Å². The number of rotatable bonds is 2. The minimum atomic E-state index is 0.160. The zero-order chi connectivity index (χ0) is 13.8. The smallest absolute Gasteiger partial charge is 0.175 e. The molecule has 1 aromatic carbocycles. The molecule has 92 valence electrons. The maximum absolute atomic E-state index is 8.94. The quantitative estimate of drug-likeness (QED) is 0.917. The zero-order valence-electron chi connectivity index (χ0n) is 9.35. The highest BCUT2D eigenvalue weighted by Gasteiger charge is 2.07. The molecule has 1 aromatic heterocycles. The molecule has 7 heteroatoms. The van der Waals surface area contributed by atoms with E-state index in [1.54, 1.807) is 18.2 Å². The molecular formula is C12H5Cl2N5. The standard InChI is InChI=1S/C12H5Cl2N5/c13-11-4-10(12(14)19-18-11)17-9-2-1-7(5-15)8(3-9)6-16/h1-4H,(H,17,18). The van der Waals surface area contributed by atoms with Crippen LogP contribution >= 0.6 is 23.2 Å². The Morgan fingerprint density at radius 1 is 1.00 bits per heavy atom. The molecule has 2 aromatic rings. The van der Waals surface area contributed by atoms with Crippen LogP contribution in [0.2, 0.25) is 10.3 Å². The Morgan fingerprint density at radius 2 is 1.74 bits per heavy atom. The third-order valence-corrected chi connectivity index (χ3v) is 2.72. The second kappa shape index (κ2) is 5.53. The molecule has 0 aliphatic heterocycles. The van der Waals surface area contributed by atoms with Gasteiger partial charge in [-0.2, -0.15) is 10.5 Å². The number of hydrogen-bond acceptors (Lipinski definition) is 5. The summed E-state index contributed by atoms with van der Waals surface area (Å²) in [6.45, 7) is 0. The Hall–Kier alpha value is -2.34. The predicted molar refractivity (Wildman–Crippen MR) is 71.2 cm³/mol. The molecule has 2 rings (SSSR count). The van der Waals surface area contributed by atoms with Crippen molar-refractivity contribution in [2.75, 3.05) is 5.32 Å². The molecule has 0 bridgehead atoms. The van der Waals surface area contributed by atoms with Gasteiger partial charge in [-0.1, -0.05) is 23.2 Å². The Balaban J connectivity index is 2.37. The third kappa shape index (κ3) is 2.92. The number of hydrogen-bond donors (Lipinski definition) is 1. The van der Waals surface area contributed by atoms with E-state index in [1.165, 1.54) is 6.07 Å². The molecule has 19 heavy (non-hydrogen) atoms. The molecule has 5 nitrogen and oxygen atoms in total. The molecule has 0 saturated carbocycles. The van der Waals surface area contributed by atoms with Gasteiger partial charge in [0.2, 0.25) is 0 Å². The number of anilines is 2. The van der Waals surface area contributed by atoms with Crippen LogP contribution in [0.1, 0.15) is 11.1 Å². The SMILES string of the molecule is N#Cc1ccc(Nc2cc(Cl)nnc2Cl)cc1C#N. The first-order valence-corrected chi connectivity index (χ1v) is 5.79. The monoisotopic (exact) mass is 289 g/mol. The van der Waals surface area contributed by atoms with Crippen LogP contribution in [0.5, 0.6) is 0 Å². The lowest BCUT2D eigenvalue weighted by molar-refractivity contribution is 1.03. The van der Waals surface area contributed by atoms with Crippen LogP contribution < -0.4 is 5.32 Å². The van der Waals surface area contributed by atoms with Gasteiger partial charge >= 0.3 is 0 Å². The molecule has 0 spiro atoms. The summed E-state index contributed by atoms with van der Waals surface area (Å²) in [5, 5.41) is 28.3. The van der Waals surface area contributed by atoms with E-state index in [2.05, 4.69) is 15.5 Å². The highest BCUT2D eigenvalue weighted by molar-refractivity contribution is 6.33. The van der Waals surface area contributed by atoms with Crippen LogP contribution in [0, 0.1) is 22.7 Å². The van der Waals surface area contributed by atoms with Crippen molar-refractivity contribution in [3.63, 3.8) is 0 Å². The average molecular weight is 290 g/mol. The Labute approximate surface area is 119 Å². The fraction of sp³-hybridized carbons (Fsp3) is 0. The summed E-state index contributed by atoms with van der Waals surface area (Å²) in [5.74, 6) is 0. The maximum Gasteiger partial charge on any atom is 0.175 e. The summed E-state index contributed by atoms with van der Waals surface area (Å²) in [6.07, 6.45) is 0. The average Bonchev–Trinajstić information content (AvgIpc) is 2.42. The van der Waals surface area contributed by atoms with Gasteiger partial charge in [0.05, 0.1) is 16.8 Å². The van der Waals surface area contributed by atoms with E-state index in [9.17, 15) is 0 Å². The van der Waals surface area contributed by atoms with Gasteiger partial charge in [-0.15, -0.1) is 10.2 Å². The second-order valence-electron chi connectivity index (χ2n) is 3.48. The van der Waals surface area contributed by atoms with Gasteiger partial charge in [-0.3, -0.25) is 0 Å². The molecule has 0 unspecified atom stereocenters. The number of nitriles is 2. The minimum absolute atomic E-state index is 0.160. The number of halogens is 2. The van der Waals surface area contributed by atoms with E-state index in [-0.39, 0.29) is 15.9 Å². The van der Waals surface area contributed by atoms with Crippen LogP contribution in [0.15, 0.2) is 24.3 Å². The molecular weight excluding hydrogens is 285 g/mol. The first-order valence-electron chi connectivity index (χ1n) is 5.04. The third-order valence-electron chi connectivity index (χ3n) is 2.26. The lowest BCUT2D eigenvalue weighted by Gasteiger charge is -2.08. The molecule has 0 atom stereocenters. The van der Waals surface area contributed by atoms with E-state index in [4.69, 9.17) is 33.7 Å². The van der Waals surface area contributed by atoms with Gasteiger partial charge < -0.3 is 5.32 Å². The van der Waals surface area contributed by atoms with Gasteiger partial charge in [0, 0.05) is 11.8 Å². The Morgan fingerprint density at radius 3 is 2.42 bits per heavy atom. The number of aromatic nitrogens is 2. The number of benzene rings is 1. The molecule has 1 heterocycles. The first kappa shape index (κ1) is 13.1. The highest BCUT2D eigenvalue weighted by atomic mass is 35.5. The zero-order valence-corrected chi connectivity index (χ0v) is 10.9. The van der Waals surface area contributed by atoms with Gasteiger partial charge in [-0.05, 0) is 18.2 Å². The van der Waals surface area contributed by atoms with Crippen molar-refractivity contribution in [3.8, 4) is 12.1 Å². The number of nitrogens with zero attached hydrogens (tertiary/aromatic N) is 4. The van der Waals surface area contributed by atoms with E-state index < -0.39 is 0 Å². The van der Waals surface area contributed by atoms with Crippen molar-refractivity contribution < 1.29 is 0 Å². The predicted octanol–water partition coefficient (Wildman–Crippen LogP) is 3.27. The maximum atomic E-state index is 8.94. The molecule has 0 aliphatic rings. The van der Waals surface area contributed by atoms with E-state index in [0.717, 1.165) is 0 Å². The summed E-state index contributed by atoms with van der Waals surface area (Å²) < 4.78 is 0. The van der Waals surface area contributed by atoms with Crippen molar-refractivity contribution in [2.24, 2.45) is 0 Å². The normalized spacial score (nSPS) is 9.47. The lowest BCUT2D eigenvalue weighted by atomic mass is 10.1. The molecule has 0 saturated heterocycles. The minimum Gasteiger partial charge on any atom is -0.353 e. The van der Waals surface area contributed by atoms with Crippen molar-refractivity contribution in [1.82, 2.24) is 10.2 Å². The van der Waals surface area contributed by atoms with Gasteiger partial charge in [0.1, 0.15) is 12.1 Å². The van der Waals surface area contributed by atoms with Crippen LogP contribution in [0.3, 0.4) is 0 Å². The van der Waals surface area contributed by atoms with E-state index >= 15 is 0 Å². The Bertz CT molecular complexity index is 715. The second-order valence-corrected chi connectivity index (χ2v) is 4.23. The fourth-order valence-corrected chi connectivity index (χ4v) is 1.69. The van der Waals surface area contributed by atoms with Gasteiger partial charge in [0.15, 0.2) is 10.3 Å². The summed E-state index contributed by atoms with van der Waals surface area (Å²) in [7, 11) is 0. The Kier molecular flexibility index (Phi) is 3.82. The van der Waals surface area contributed by atoms with Gasteiger partial charge in [0.25, 0.3) is 0 Å². The molecule has 0 amide bonds. The van der Waals surface area contributed by atoms with Crippen molar-refractivity contribution >= 4 is 34.6 Å². The van der Waals surface area contributed by atoms with Crippen molar-refractivity contribution in [3.05, 3.63) is 45.7 Å². The lowest BCUT2D eigenvalue weighted by Crippen LogP contribution is -1.96. The summed E-state index contributed by atoms with van der Waals surface area (Å²) in [4.78, 5) is 0. The van der Waals surface area contributed by atoms with Crippen LogP contribution in [-0.4, -0.2) is 10.2 Å². The van der Waals surface area contributed by atoms with Crippen molar-refractivity contribution in [2.45, 2.75) is 0 Å². The topological polar surface area (TPSA) is 85.4 Å².